The number of H-pyrrole nitrogens is 1. The summed E-state index contributed by atoms with van der Waals surface area (Å²) in [5.41, 5.74) is 3.45. The molecule has 1 saturated heterocycles. The minimum atomic E-state index is -0.270. The number of hydrogen-bond donors (Lipinski definition) is 1. The molecule has 152 valence electrons. The highest BCUT2D eigenvalue weighted by Gasteiger charge is 2.28. The molecule has 1 aliphatic heterocycles. The molecule has 3 heterocycles. The van der Waals surface area contributed by atoms with Gasteiger partial charge in [0.2, 0.25) is 0 Å². The van der Waals surface area contributed by atoms with E-state index in [1.165, 1.54) is 30.6 Å². The number of nitrogens with zero attached hydrogens (tertiary/aromatic N) is 5. The van der Waals surface area contributed by atoms with E-state index in [2.05, 4.69) is 29.7 Å². The molecule has 0 atom stereocenters. The van der Waals surface area contributed by atoms with Gasteiger partial charge in [0.1, 0.15) is 23.5 Å². The van der Waals surface area contributed by atoms with E-state index in [1.54, 1.807) is 30.6 Å². The van der Waals surface area contributed by atoms with Gasteiger partial charge in [-0.2, -0.15) is 0 Å². The van der Waals surface area contributed by atoms with E-state index >= 15 is 0 Å². The van der Waals surface area contributed by atoms with Crippen molar-refractivity contribution >= 4 is 17.0 Å². The molecule has 30 heavy (non-hydrogen) atoms. The lowest BCUT2D eigenvalue weighted by Gasteiger charge is -2.40. The van der Waals surface area contributed by atoms with Gasteiger partial charge in [-0.05, 0) is 35.4 Å². The third kappa shape index (κ3) is 3.50. The second-order valence-corrected chi connectivity index (χ2v) is 7.33. The van der Waals surface area contributed by atoms with Gasteiger partial charge in [0.15, 0.2) is 11.5 Å². The van der Waals surface area contributed by atoms with Gasteiger partial charge in [0.05, 0.1) is 12.4 Å². The lowest BCUT2D eigenvalue weighted by molar-refractivity contribution is 0.212. The number of anilines is 1. The van der Waals surface area contributed by atoms with Crippen molar-refractivity contribution in [3.05, 3.63) is 83.9 Å². The average molecular weight is 406 g/mol. The highest BCUT2D eigenvalue weighted by Crippen LogP contribution is 2.31. The maximum atomic E-state index is 13.5. The van der Waals surface area contributed by atoms with Crippen LogP contribution in [0.5, 0.6) is 0 Å². The molecule has 2 aromatic carbocycles. The quantitative estimate of drug-likeness (QED) is 0.562. The van der Waals surface area contributed by atoms with Gasteiger partial charge in [0.25, 0.3) is 0 Å². The molecule has 1 N–H and O–H groups in total. The van der Waals surface area contributed by atoms with Gasteiger partial charge < -0.3 is 9.88 Å². The predicted octanol–water partition coefficient (Wildman–Crippen LogP) is 3.54. The lowest BCUT2D eigenvalue weighted by atomic mass is 9.96. The van der Waals surface area contributed by atoms with Crippen molar-refractivity contribution in [1.82, 2.24) is 24.8 Å². The van der Waals surface area contributed by atoms with Crippen LogP contribution in [0.25, 0.3) is 11.2 Å². The van der Waals surface area contributed by atoms with Crippen molar-refractivity contribution in [3.63, 3.8) is 0 Å². The first-order valence-electron chi connectivity index (χ1n) is 9.83. The molecule has 5 rings (SSSR count). The second-order valence-electron chi connectivity index (χ2n) is 7.33. The van der Waals surface area contributed by atoms with E-state index in [-0.39, 0.29) is 17.7 Å². The van der Waals surface area contributed by atoms with Gasteiger partial charge in [-0.3, -0.25) is 4.90 Å². The molecule has 8 heteroatoms. The molecule has 4 aromatic rings. The van der Waals surface area contributed by atoms with E-state index in [9.17, 15) is 8.78 Å². The molecule has 0 amide bonds. The van der Waals surface area contributed by atoms with Crippen LogP contribution in [0.2, 0.25) is 0 Å². The van der Waals surface area contributed by atoms with Crippen molar-refractivity contribution in [2.45, 2.75) is 6.04 Å². The molecule has 0 radical (unpaired) electrons. The molecule has 0 aliphatic carbocycles. The average Bonchev–Trinajstić information content (AvgIpc) is 3.26. The Bertz CT molecular complexity index is 1090. The van der Waals surface area contributed by atoms with E-state index in [1.807, 2.05) is 0 Å². The molecule has 0 saturated carbocycles. The van der Waals surface area contributed by atoms with Crippen molar-refractivity contribution in [1.29, 1.82) is 0 Å². The zero-order valence-electron chi connectivity index (χ0n) is 16.2. The third-order valence-corrected chi connectivity index (χ3v) is 5.55. The Labute approximate surface area is 172 Å². The van der Waals surface area contributed by atoms with Gasteiger partial charge >= 0.3 is 0 Å². The smallest absolute Gasteiger partial charge is 0.182 e. The summed E-state index contributed by atoms with van der Waals surface area (Å²) in [6.07, 6.45) is 3.16. The van der Waals surface area contributed by atoms with Crippen LogP contribution in [0.15, 0.2) is 61.2 Å². The normalized spacial score (nSPS) is 15.2. The Morgan fingerprint density at radius 1 is 0.767 bits per heavy atom. The number of imidazole rings is 1. The van der Waals surface area contributed by atoms with E-state index in [0.717, 1.165) is 48.6 Å². The highest BCUT2D eigenvalue weighted by atomic mass is 19.1. The highest BCUT2D eigenvalue weighted by molar-refractivity contribution is 5.82. The van der Waals surface area contributed by atoms with Crippen LogP contribution in [0, 0.1) is 11.6 Å². The number of hydrogen-bond acceptors (Lipinski definition) is 5. The number of aromatic amines is 1. The topological polar surface area (TPSA) is 60.9 Å². The predicted molar refractivity (Wildman–Crippen MR) is 110 cm³/mol. The molecule has 0 spiro atoms. The first-order valence-corrected chi connectivity index (χ1v) is 9.83. The minimum Gasteiger partial charge on any atom is -0.352 e. The Hall–Kier alpha value is -3.39. The first kappa shape index (κ1) is 18.6. The molecular weight excluding hydrogens is 386 g/mol. The van der Waals surface area contributed by atoms with Gasteiger partial charge in [-0.1, -0.05) is 24.3 Å². The fourth-order valence-corrected chi connectivity index (χ4v) is 4.09. The molecule has 0 unspecified atom stereocenters. The third-order valence-electron chi connectivity index (χ3n) is 5.55. The van der Waals surface area contributed by atoms with Crippen LogP contribution in [0.3, 0.4) is 0 Å². The zero-order valence-corrected chi connectivity index (χ0v) is 16.2. The van der Waals surface area contributed by atoms with Crippen LogP contribution in [0.4, 0.5) is 14.6 Å². The van der Waals surface area contributed by atoms with Crippen LogP contribution < -0.4 is 4.90 Å². The molecular formula is C22H20F2N6. The molecule has 1 aliphatic rings. The van der Waals surface area contributed by atoms with Crippen molar-refractivity contribution in [2.24, 2.45) is 0 Å². The largest absolute Gasteiger partial charge is 0.352 e. The number of halogens is 2. The van der Waals surface area contributed by atoms with Gasteiger partial charge in [0, 0.05) is 26.2 Å². The second kappa shape index (κ2) is 7.79. The van der Waals surface area contributed by atoms with Crippen molar-refractivity contribution in [2.75, 3.05) is 31.1 Å². The number of fused-ring (bicyclic) bond motifs is 1. The van der Waals surface area contributed by atoms with Crippen molar-refractivity contribution in [3.8, 4) is 0 Å². The maximum absolute atomic E-state index is 13.5. The van der Waals surface area contributed by atoms with Crippen molar-refractivity contribution < 1.29 is 8.78 Å². The Morgan fingerprint density at radius 3 is 1.97 bits per heavy atom. The Morgan fingerprint density at radius 2 is 1.37 bits per heavy atom. The number of nitrogens with one attached hydrogen (secondary N) is 1. The van der Waals surface area contributed by atoms with Gasteiger partial charge in [-0.15, -0.1) is 0 Å². The van der Waals surface area contributed by atoms with E-state index in [0.29, 0.717) is 5.65 Å². The van der Waals surface area contributed by atoms with Gasteiger partial charge in [-0.25, -0.2) is 23.7 Å². The summed E-state index contributed by atoms with van der Waals surface area (Å²) in [5, 5.41) is 0. The van der Waals surface area contributed by atoms with Crippen LogP contribution in [0.1, 0.15) is 17.2 Å². The molecule has 1 fully saturated rings. The van der Waals surface area contributed by atoms with Crippen LogP contribution in [-0.4, -0.2) is 51.0 Å². The monoisotopic (exact) mass is 406 g/mol. The van der Waals surface area contributed by atoms with Crippen LogP contribution >= 0.6 is 0 Å². The van der Waals surface area contributed by atoms with E-state index < -0.39 is 0 Å². The standard InChI is InChI=1S/C22H20F2N6/c23-17-5-1-15(2-6-17)20(16-3-7-18(24)8-4-16)29-9-11-30(12-10-29)22-19-21(26-13-25-19)27-14-28-22/h1-8,13-14,20H,9-12H2,(H,25,26,27,28). The first-order chi connectivity index (χ1) is 14.7. The number of benzene rings is 2. The summed E-state index contributed by atoms with van der Waals surface area (Å²) in [6.45, 7) is 3.09. The SMILES string of the molecule is Fc1ccc(C(c2ccc(F)cc2)N2CCN(c3ncnc4nc[nH]c34)CC2)cc1. The fraction of sp³-hybridized carbons (Fsp3) is 0.227. The number of rotatable bonds is 4. The summed E-state index contributed by atoms with van der Waals surface area (Å²) in [4.78, 5) is 20.5. The Kier molecular flexibility index (Phi) is 4.84. The summed E-state index contributed by atoms with van der Waals surface area (Å²) in [5.74, 6) is 0.305. The summed E-state index contributed by atoms with van der Waals surface area (Å²) < 4.78 is 27.0. The zero-order chi connectivity index (χ0) is 20.5. The fourth-order valence-electron chi connectivity index (χ4n) is 4.09. The summed E-state index contributed by atoms with van der Waals surface area (Å²) in [6, 6.07) is 13.0. The Balaban J connectivity index is 1.41. The summed E-state index contributed by atoms with van der Waals surface area (Å²) in [7, 11) is 0. The molecule has 0 bridgehead atoms. The minimum absolute atomic E-state index is 0.0778. The molecule has 6 nitrogen and oxygen atoms in total. The number of piperazine rings is 1. The summed E-state index contributed by atoms with van der Waals surface area (Å²) >= 11 is 0. The molecule has 2 aromatic heterocycles. The maximum Gasteiger partial charge on any atom is 0.182 e. The van der Waals surface area contributed by atoms with Crippen LogP contribution in [-0.2, 0) is 0 Å². The lowest BCUT2D eigenvalue weighted by Crippen LogP contribution is -2.48. The van der Waals surface area contributed by atoms with E-state index in [4.69, 9.17) is 0 Å². The number of aromatic nitrogens is 4.